The van der Waals surface area contributed by atoms with Crippen LogP contribution >= 0.6 is 22.9 Å². The number of Topliss-reactive ketones (excluding diaryl/α,β-unsaturated/α-hetero) is 1. The fraction of sp³-hybridized carbons (Fsp3) is 0.269. The van der Waals surface area contributed by atoms with Gasteiger partial charge < -0.3 is 5.32 Å². The lowest BCUT2D eigenvalue weighted by Crippen LogP contribution is -2.39. The molecule has 10 heteroatoms. The number of anilines is 1. The number of benzene rings is 2. The Bertz CT molecular complexity index is 1490. The second-order valence-corrected chi connectivity index (χ2v) is 11.3. The Kier molecular flexibility index (Phi) is 5.92. The van der Waals surface area contributed by atoms with E-state index in [1.54, 1.807) is 6.92 Å². The lowest BCUT2D eigenvalue weighted by Gasteiger charge is -2.39. The van der Waals surface area contributed by atoms with Gasteiger partial charge in [-0.3, -0.25) is 25.0 Å². The number of para-hydroxylation sites is 1. The standard InChI is InChI=1S/C26H23ClN4O4S/c1-13-21(24(33)30-25-29-17-6-4-5-7-20(17)36-25)22(15-10-14(31(34)35)8-9-16(15)27)23-18(28-13)11-26(2,3)12-19(23)32/h4-10,22,28H,11-12H2,1-3H3,(H,29,30,33)/t22-/m1/s1. The fourth-order valence-electron chi connectivity index (χ4n) is 5.00. The van der Waals surface area contributed by atoms with Crippen molar-refractivity contribution in [3.63, 3.8) is 0 Å². The first-order valence-corrected chi connectivity index (χ1v) is 12.6. The highest BCUT2D eigenvalue weighted by Gasteiger charge is 2.43. The Morgan fingerprint density at radius 1 is 1.25 bits per heavy atom. The number of carbonyl (C=O) groups excluding carboxylic acids is 2. The fourth-order valence-corrected chi connectivity index (χ4v) is 6.09. The van der Waals surface area contributed by atoms with Crippen molar-refractivity contribution in [3.8, 4) is 0 Å². The molecule has 0 spiro atoms. The van der Waals surface area contributed by atoms with Gasteiger partial charge in [-0.25, -0.2) is 4.98 Å². The first-order valence-electron chi connectivity index (χ1n) is 11.4. The number of ketones is 1. The van der Waals surface area contributed by atoms with Crippen LogP contribution in [0.1, 0.15) is 45.1 Å². The molecule has 2 heterocycles. The molecule has 1 amide bonds. The Labute approximate surface area is 216 Å². The van der Waals surface area contributed by atoms with Gasteiger partial charge in [-0.1, -0.05) is 48.9 Å². The number of dihydropyridines is 1. The van der Waals surface area contributed by atoms with Crippen LogP contribution in [0.5, 0.6) is 0 Å². The van der Waals surface area contributed by atoms with Crippen LogP contribution in [0.15, 0.2) is 65.0 Å². The van der Waals surface area contributed by atoms with Gasteiger partial charge in [0.2, 0.25) is 0 Å². The van der Waals surface area contributed by atoms with Crippen LogP contribution < -0.4 is 10.6 Å². The topological polar surface area (TPSA) is 114 Å². The zero-order chi connectivity index (χ0) is 25.8. The summed E-state index contributed by atoms with van der Waals surface area (Å²) in [6.45, 7) is 5.79. The summed E-state index contributed by atoms with van der Waals surface area (Å²) < 4.78 is 0.924. The molecule has 2 aromatic carbocycles. The van der Waals surface area contributed by atoms with Crippen molar-refractivity contribution in [1.29, 1.82) is 0 Å². The van der Waals surface area contributed by atoms with Crippen molar-refractivity contribution < 1.29 is 14.5 Å². The molecule has 0 radical (unpaired) electrons. The van der Waals surface area contributed by atoms with Crippen LogP contribution in [0.2, 0.25) is 5.02 Å². The Hall–Kier alpha value is -3.56. The average Bonchev–Trinajstić information content (AvgIpc) is 3.19. The number of amides is 1. The van der Waals surface area contributed by atoms with Crippen molar-refractivity contribution in [3.05, 3.63) is 85.7 Å². The summed E-state index contributed by atoms with van der Waals surface area (Å²) in [6.07, 6.45) is 0.892. The quantitative estimate of drug-likeness (QED) is 0.316. The molecule has 1 aliphatic carbocycles. The monoisotopic (exact) mass is 522 g/mol. The maximum atomic E-state index is 13.7. The van der Waals surface area contributed by atoms with Crippen LogP contribution in [0.25, 0.3) is 10.2 Å². The van der Waals surface area contributed by atoms with Crippen LogP contribution in [-0.4, -0.2) is 21.6 Å². The summed E-state index contributed by atoms with van der Waals surface area (Å²) in [6, 6.07) is 11.6. The molecule has 0 fully saturated rings. The maximum absolute atomic E-state index is 13.7. The second kappa shape index (κ2) is 8.83. The second-order valence-electron chi connectivity index (χ2n) is 9.83. The number of fused-ring (bicyclic) bond motifs is 1. The van der Waals surface area contributed by atoms with E-state index in [1.165, 1.54) is 29.5 Å². The number of non-ortho nitro benzene ring substituents is 1. The van der Waals surface area contributed by atoms with Crippen LogP contribution in [-0.2, 0) is 9.59 Å². The molecule has 3 aromatic rings. The number of halogens is 1. The molecule has 0 saturated carbocycles. The maximum Gasteiger partial charge on any atom is 0.269 e. The predicted molar refractivity (Wildman–Crippen MR) is 140 cm³/mol. The van der Waals surface area contributed by atoms with E-state index in [1.807, 2.05) is 38.1 Å². The SMILES string of the molecule is CC1=C(C(=O)Nc2nc3ccccc3s2)[C@@H](c2cc([N+](=O)[O-])ccc2Cl)C2=C(CC(C)(C)CC2=O)N1. The molecule has 5 rings (SSSR count). The number of nitrogens with one attached hydrogen (secondary N) is 2. The first kappa shape index (κ1) is 24.1. The van der Waals surface area contributed by atoms with Gasteiger partial charge in [-0.2, -0.15) is 0 Å². The smallest absolute Gasteiger partial charge is 0.269 e. The van der Waals surface area contributed by atoms with Gasteiger partial charge in [-0.05, 0) is 42.5 Å². The minimum Gasteiger partial charge on any atom is -0.362 e. The first-order chi connectivity index (χ1) is 17.0. The summed E-state index contributed by atoms with van der Waals surface area (Å²) in [7, 11) is 0. The van der Waals surface area contributed by atoms with Crippen molar-refractivity contribution >= 4 is 55.7 Å². The van der Waals surface area contributed by atoms with Crippen molar-refractivity contribution in [2.45, 2.75) is 39.5 Å². The van der Waals surface area contributed by atoms with Crippen LogP contribution in [0, 0.1) is 15.5 Å². The number of carbonyl (C=O) groups is 2. The molecular formula is C26H23ClN4O4S. The van der Waals surface area contributed by atoms with Crippen molar-refractivity contribution in [2.24, 2.45) is 5.41 Å². The molecule has 8 nitrogen and oxygen atoms in total. The predicted octanol–water partition coefficient (Wildman–Crippen LogP) is 6.10. The van der Waals surface area contributed by atoms with Gasteiger partial charge in [0.05, 0.1) is 15.1 Å². The van der Waals surface area contributed by atoms with Gasteiger partial charge >= 0.3 is 0 Å². The molecule has 0 bridgehead atoms. The number of allylic oxidation sites excluding steroid dienone is 3. The number of aromatic nitrogens is 1. The molecule has 184 valence electrons. The number of nitrogens with zero attached hydrogens (tertiary/aromatic N) is 2. The summed E-state index contributed by atoms with van der Waals surface area (Å²) >= 11 is 7.90. The summed E-state index contributed by atoms with van der Waals surface area (Å²) in [5.74, 6) is -1.42. The molecule has 0 saturated heterocycles. The van der Waals surface area contributed by atoms with Gasteiger partial charge in [0.1, 0.15) is 0 Å². The molecule has 1 aliphatic heterocycles. The van der Waals surface area contributed by atoms with E-state index in [4.69, 9.17) is 11.6 Å². The summed E-state index contributed by atoms with van der Waals surface area (Å²) in [5, 5.41) is 18.4. The third kappa shape index (κ3) is 4.29. The lowest BCUT2D eigenvalue weighted by atomic mass is 9.68. The third-order valence-corrected chi connectivity index (χ3v) is 7.80. The Morgan fingerprint density at radius 2 is 2.00 bits per heavy atom. The van der Waals surface area contributed by atoms with Crippen LogP contribution in [0.4, 0.5) is 10.8 Å². The molecule has 1 aromatic heterocycles. The number of nitro benzene ring substituents is 1. The highest BCUT2D eigenvalue weighted by molar-refractivity contribution is 7.22. The summed E-state index contributed by atoms with van der Waals surface area (Å²) in [4.78, 5) is 42.7. The number of rotatable bonds is 4. The highest BCUT2D eigenvalue weighted by atomic mass is 35.5. The van der Waals surface area contributed by atoms with Crippen molar-refractivity contribution in [2.75, 3.05) is 5.32 Å². The van der Waals surface area contributed by atoms with E-state index in [0.717, 1.165) is 15.9 Å². The van der Waals surface area contributed by atoms with Crippen LogP contribution in [0.3, 0.4) is 0 Å². The van der Waals surface area contributed by atoms with Gasteiger partial charge in [0.25, 0.3) is 11.6 Å². The van der Waals surface area contributed by atoms with E-state index >= 15 is 0 Å². The molecule has 2 N–H and O–H groups in total. The zero-order valence-corrected chi connectivity index (χ0v) is 21.4. The highest BCUT2D eigenvalue weighted by Crippen LogP contribution is 2.48. The van der Waals surface area contributed by atoms with E-state index in [-0.39, 0.29) is 27.5 Å². The molecule has 36 heavy (non-hydrogen) atoms. The number of hydrogen-bond acceptors (Lipinski definition) is 7. The lowest BCUT2D eigenvalue weighted by molar-refractivity contribution is -0.384. The molecule has 0 unspecified atom stereocenters. The van der Waals surface area contributed by atoms with E-state index in [2.05, 4.69) is 15.6 Å². The Balaban J connectivity index is 1.64. The van der Waals surface area contributed by atoms with Gasteiger partial charge in [0.15, 0.2) is 10.9 Å². The number of nitro groups is 1. The average molecular weight is 523 g/mol. The number of thiazole rings is 1. The Morgan fingerprint density at radius 3 is 2.72 bits per heavy atom. The minimum atomic E-state index is -0.855. The summed E-state index contributed by atoms with van der Waals surface area (Å²) in [5.41, 5.74) is 2.67. The van der Waals surface area contributed by atoms with E-state index in [0.29, 0.717) is 34.8 Å². The van der Waals surface area contributed by atoms with Gasteiger partial charge in [0, 0.05) is 52.0 Å². The van der Waals surface area contributed by atoms with E-state index < -0.39 is 16.7 Å². The molecule has 1 atom stereocenters. The third-order valence-electron chi connectivity index (χ3n) is 6.50. The van der Waals surface area contributed by atoms with E-state index in [9.17, 15) is 19.7 Å². The molecule has 2 aliphatic rings. The normalized spacial score (nSPS) is 19.2. The minimum absolute atomic E-state index is 0.112. The van der Waals surface area contributed by atoms with Crippen molar-refractivity contribution in [1.82, 2.24) is 10.3 Å². The van der Waals surface area contributed by atoms with Gasteiger partial charge in [-0.15, -0.1) is 0 Å². The zero-order valence-electron chi connectivity index (χ0n) is 19.8. The number of hydrogen-bond donors (Lipinski definition) is 2. The largest absolute Gasteiger partial charge is 0.362 e. The molecular weight excluding hydrogens is 500 g/mol.